The van der Waals surface area contributed by atoms with Crippen LogP contribution in [0.2, 0.25) is 0 Å². The van der Waals surface area contributed by atoms with Crippen LogP contribution in [0.5, 0.6) is 0 Å². The number of rotatable bonds is 4. The van der Waals surface area contributed by atoms with Gasteiger partial charge in [-0.15, -0.1) is 0 Å². The molecule has 8 nitrogen and oxygen atoms in total. The molecule has 0 aliphatic heterocycles. The number of hydrogen-bond donors (Lipinski definition) is 2. The third kappa shape index (κ3) is 3.64. The third-order valence-electron chi connectivity index (χ3n) is 1.45. The molecule has 1 rings (SSSR count). The number of aromatic nitrogens is 2. The summed E-state index contributed by atoms with van der Waals surface area (Å²) in [5.74, 6) is -1.54. The van der Waals surface area contributed by atoms with Crippen molar-refractivity contribution >= 4 is 25.7 Å². The molecule has 0 bridgehead atoms. The molecule has 0 aliphatic carbocycles. The number of Topliss-reactive ketones (excluding diaryl/α,β-unsaturated/α-hetero) is 1. The van der Waals surface area contributed by atoms with Gasteiger partial charge in [0, 0.05) is 6.20 Å². The molecule has 1 heterocycles. The van der Waals surface area contributed by atoms with Crippen LogP contribution in [-0.2, 0) is 9.15 Å². The average molecular weight is 265 g/mol. The highest BCUT2D eigenvalue weighted by Gasteiger charge is 2.12. The Morgan fingerprint density at radius 3 is 2.56 bits per heavy atom. The standard InChI is InChI=1S/C6H6N2O6S2/c9-4(2-15-16(12,13)14)3-1-7-6(11)8-5(3)10/h1H,2H2,(H,12,13,14)(H2,7,8,10,11)/p-1. The third-order valence-corrected chi connectivity index (χ3v) is 3.34. The molecule has 0 aliphatic rings. The maximum Gasteiger partial charge on any atom is 0.325 e. The Balaban J connectivity index is 2.90. The van der Waals surface area contributed by atoms with E-state index in [1.165, 1.54) is 0 Å². The first-order valence-electron chi connectivity index (χ1n) is 3.75. The van der Waals surface area contributed by atoms with Crippen molar-refractivity contribution in [2.24, 2.45) is 0 Å². The molecule has 0 aromatic carbocycles. The van der Waals surface area contributed by atoms with Gasteiger partial charge in [-0.2, -0.15) is 0 Å². The van der Waals surface area contributed by atoms with Gasteiger partial charge in [0.1, 0.15) is 9.15 Å². The van der Waals surface area contributed by atoms with Crippen LogP contribution in [0.15, 0.2) is 15.8 Å². The van der Waals surface area contributed by atoms with Crippen LogP contribution in [0.25, 0.3) is 0 Å². The zero-order valence-electron chi connectivity index (χ0n) is 7.55. The Morgan fingerprint density at radius 1 is 1.44 bits per heavy atom. The van der Waals surface area contributed by atoms with Crippen molar-refractivity contribution in [2.75, 3.05) is 5.75 Å². The second kappa shape index (κ2) is 4.63. The molecular weight excluding hydrogens is 260 g/mol. The average Bonchev–Trinajstić information content (AvgIpc) is 2.13. The highest BCUT2D eigenvalue weighted by atomic mass is 33.1. The van der Waals surface area contributed by atoms with Gasteiger partial charge in [0.05, 0.1) is 11.3 Å². The van der Waals surface area contributed by atoms with Crippen molar-refractivity contribution in [3.63, 3.8) is 0 Å². The van der Waals surface area contributed by atoms with Crippen LogP contribution >= 0.6 is 10.8 Å². The van der Waals surface area contributed by atoms with E-state index in [0.29, 0.717) is 0 Å². The zero-order valence-corrected chi connectivity index (χ0v) is 9.18. The van der Waals surface area contributed by atoms with Crippen molar-refractivity contribution in [3.05, 3.63) is 32.6 Å². The fourth-order valence-corrected chi connectivity index (χ4v) is 1.98. The maximum atomic E-state index is 11.3. The first-order valence-corrected chi connectivity index (χ1v) is 6.66. The molecule has 0 unspecified atom stereocenters. The number of ketones is 1. The predicted octanol–water partition coefficient (Wildman–Crippen LogP) is -1.56. The molecule has 0 radical (unpaired) electrons. The van der Waals surface area contributed by atoms with Crippen molar-refractivity contribution in [2.45, 2.75) is 0 Å². The highest BCUT2D eigenvalue weighted by molar-refractivity contribution is 8.70. The number of carbonyl (C=O) groups excluding carboxylic acids is 1. The Labute approximate surface area is 92.2 Å². The Bertz CT molecular complexity index is 612. The minimum atomic E-state index is -4.59. The predicted molar refractivity (Wildman–Crippen MR) is 54.2 cm³/mol. The lowest BCUT2D eigenvalue weighted by Crippen LogP contribution is -2.27. The summed E-state index contributed by atoms with van der Waals surface area (Å²) < 4.78 is 30.7. The minimum Gasteiger partial charge on any atom is -0.739 e. The summed E-state index contributed by atoms with van der Waals surface area (Å²) in [7, 11) is -4.71. The number of hydrogen-bond acceptors (Lipinski definition) is 7. The number of aromatic amines is 2. The molecule has 0 atom stereocenters. The van der Waals surface area contributed by atoms with Gasteiger partial charge < -0.3 is 9.54 Å². The van der Waals surface area contributed by atoms with Gasteiger partial charge in [-0.3, -0.25) is 14.6 Å². The summed E-state index contributed by atoms with van der Waals surface area (Å²) in [6.45, 7) is 0. The number of carbonyl (C=O) groups is 1. The van der Waals surface area contributed by atoms with Gasteiger partial charge in [0.15, 0.2) is 5.78 Å². The lowest BCUT2D eigenvalue weighted by Gasteiger charge is -2.03. The Kier molecular flexibility index (Phi) is 3.67. The van der Waals surface area contributed by atoms with Crippen molar-refractivity contribution < 1.29 is 17.8 Å². The number of H-pyrrole nitrogens is 2. The largest absolute Gasteiger partial charge is 0.739 e. The van der Waals surface area contributed by atoms with Gasteiger partial charge in [0.2, 0.25) is 0 Å². The fraction of sp³-hybridized carbons (Fsp3) is 0.167. The lowest BCUT2D eigenvalue weighted by atomic mass is 10.2. The first-order chi connectivity index (χ1) is 7.29. The fourth-order valence-electron chi connectivity index (χ4n) is 0.820. The van der Waals surface area contributed by atoms with Gasteiger partial charge in [-0.1, -0.05) is 0 Å². The van der Waals surface area contributed by atoms with E-state index in [0.717, 1.165) is 6.20 Å². The Morgan fingerprint density at radius 2 is 2.06 bits per heavy atom. The smallest absolute Gasteiger partial charge is 0.325 e. The van der Waals surface area contributed by atoms with Gasteiger partial charge in [-0.25, -0.2) is 13.2 Å². The minimum absolute atomic E-state index is 0.128. The van der Waals surface area contributed by atoms with Crippen LogP contribution in [-0.4, -0.2) is 34.5 Å². The van der Waals surface area contributed by atoms with E-state index >= 15 is 0 Å². The molecule has 1 aromatic rings. The molecule has 0 spiro atoms. The second-order valence-corrected chi connectivity index (χ2v) is 5.85. The summed E-state index contributed by atoms with van der Waals surface area (Å²) in [4.78, 5) is 36.8. The Hall–Kier alpha value is -1.39. The van der Waals surface area contributed by atoms with E-state index in [2.05, 4.69) is 0 Å². The normalized spacial score (nSPS) is 11.3. The highest BCUT2D eigenvalue weighted by Crippen LogP contribution is 2.10. The van der Waals surface area contributed by atoms with Crippen molar-refractivity contribution in [3.8, 4) is 0 Å². The van der Waals surface area contributed by atoms with Crippen LogP contribution in [0.3, 0.4) is 0 Å². The van der Waals surface area contributed by atoms with Crippen LogP contribution in [0.4, 0.5) is 0 Å². The SMILES string of the molecule is O=C(CSS(=O)(=O)[O-])c1c[nH]c(=O)[nH]c1=O. The number of nitrogens with one attached hydrogen (secondary N) is 2. The van der Waals surface area contributed by atoms with Gasteiger partial charge in [0.25, 0.3) is 5.56 Å². The maximum absolute atomic E-state index is 11.3. The molecule has 0 amide bonds. The molecule has 0 saturated heterocycles. The molecule has 2 N–H and O–H groups in total. The van der Waals surface area contributed by atoms with E-state index < -0.39 is 37.5 Å². The summed E-state index contributed by atoms with van der Waals surface area (Å²) in [5, 5.41) is 0. The van der Waals surface area contributed by atoms with Crippen LogP contribution in [0, 0.1) is 0 Å². The molecular formula is C6H5N2O6S2-. The molecule has 0 saturated carbocycles. The monoisotopic (exact) mass is 265 g/mol. The van der Waals surface area contributed by atoms with Crippen molar-refractivity contribution in [1.29, 1.82) is 0 Å². The van der Waals surface area contributed by atoms with E-state index in [4.69, 9.17) is 0 Å². The molecule has 1 aromatic heterocycles. The van der Waals surface area contributed by atoms with Crippen molar-refractivity contribution in [1.82, 2.24) is 9.97 Å². The lowest BCUT2D eigenvalue weighted by molar-refractivity contribution is 0.102. The van der Waals surface area contributed by atoms with Crippen LogP contribution in [0.1, 0.15) is 10.4 Å². The molecule has 0 fully saturated rings. The molecule has 16 heavy (non-hydrogen) atoms. The first kappa shape index (κ1) is 12.7. The van der Waals surface area contributed by atoms with Gasteiger partial charge >= 0.3 is 5.69 Å². The summed E-state index contributed by atoms with van der Waals surface area (Å²) in [6, 6.07) is 0. The van der Waals surface area contributed by atoms with Gasteiger partial charge in [-0.05, 0) is 10.8 Å². The van der Waals surface area contributed by atoms with E-state index in [1.807, 2.05) is 4.98 Å². The molecule has 88 valence electrons. The summed E-state index contributed by atoms with van der Waals surface area (Å²) in [5.41, 5.74) is -2.13. The van der Waals surface area contributed by atoms with E-state index in [1.54, 1.807) is 4.98 Å². The second-order valence-electron chi connectivity index (χ2n) is 2.58. The quantitative estimate of drug-likeness (QED) is 0.381. The topological polar surface area (TPSA) is 140 Å². The summed E-state index contributed by atoms with van der Waals surface area (Å²) >= 11 is 0. The van der Waals surface area contributed by atoms with E-state index in [-0.39, 0.29) is 10.8 Å². The van der Waals surface area contributed by atoms with E-state index in [9.17, 15) is 27.4 Å². The molecule has 10 heteroatoms. The van der Waals surface area contributed by atoms with Crippen LogP contribution < -0.4 is 11.2 Å². The zero-order chi connectivity index (χ0) is 12.3. The summed E-state index contributed by atoms with van der Waals surface area (Å²) in [6.07, 6.45) is 0.863.